The number of rotatable bonds is 11. The Kier molecular flexibility index (Phi) is 9.72. The van der Waals surface area contributed by atoms with Gasteiger partial charge in [0, 0.05) is 13.0 Å². The van der Waals surface area contributed by atoms with E-state index >= 15 is 0 Å². The van der Waals surface area contributed by atoms with E-state index in [9.17, 15) is 14.7 Å². The van der Waals surface area contributed by atoms with E-state index in [2.05, 4.69) is 12.2 Å². The van der Waals surface area contributed by atoms with Crippen LogP contribution in [0, 0.1) is 0 Å². The fraction of sp³-hybridized carbons (Fsp3) is 0.391. The number of ether oxygens (including phenoxy) is 1. The van der Waals surface area contributed by atoms with Gasteiger partial charge in [-0.25, -0.2) is 4.79 Å². The van der Waals surface area contributed by atoms with Crippen molar-refractivity contribution in [3.8, 4) is 0 Å². The van der Waals surface area contributed by atoms with Gasteiger partial charge in [0.15, 0.2) is 0 Å². The van der Waals surface area contributed by atoms with Crippen molar-refractivity contribution >= 4 is 12.0 Å². The highest BCUT2D eigenvalue weighted by molar-refractivity contribution is 5.86. The third kappa shape index (κ3) is 7.95. The molecule has 6 nitrogen and oxygen atoms in total. The zero-order chi connectivity index (χ0) is 20.9. The van der Waals surface area contributed by atoms with Crippen molar-refractivity contribution in [2.45, 2.75) is 45.3 Å². The van der Waals surface area contributed by atoms with E-state index in [1.807, 2.05) is 60.7 Å². The molecule has 2 aromatic rings. The number of aliphatic hydroxyl groups is 1. The highest BCUT2D eigenvalue weighted by Gasteiger charge is 2.26. The molecular formula is C23H30N2O4. The fourth-order valence-corrected chi connectivity index (χ4v) is 2.98. The third-order valence-electron chi connectivity index (χ3n) is 4.60. The molecule has 0 fully saturated rings. The van der Waals surface area contributed by atoms with Gasteiger partial charge < -0.3 is 20.1 Å². The maximum absolute atomic E-state index is 13.0. The number of nitrogens with zero attached hydrogens (tertiary/aromatic N) is 1. The molecule has 0 aliphatic carbocycles. The molecule has 2 aromatic carbocycles. The van der Waals surface area contributed by atoms with Gasteiger partial charge in [0.25, 0.3) is 0 Å². The zero-order valence-corrected chi connectivity index (χ0v) is 16.9. The second-order valence-electron chi connectivity index (χ2n) is 6.90. The predicted octanol–water partition coefficient (Wildman–Crippen LogP) is 3.49. The van der Waals surface area contributed by atoms with Gasteiger partial charge in [-0.3, -0.25) is 4.79 Å². The third-order valence-corrected chi connectivity index (χ3v) is 4.60. The van der Waals surface area contributed by atoms with E-state index in [4.69, 9.17) is 4.74 Å². The minimum atomic E-state index is -0.811. The normalized spacial score (nSPS) is 11.5. The standard InChI is InChI=1S/C23H30N2O4/c1-2-3-10-15-25(18-26)22(27)21(16-19-11-6-4-7-12-19)24-23(28)29-17-20-13-8-5-9-14-20/h4-9,11-14,21,26H,2-3,10,15-18H2,1H3,(H,24,28)/t21-/m0/s1. The van der Waals surface area contributed by atoms with Crippen LogP contribution >= 0.6 is 0 Å². The van der Waals surface area contributed by atoms with Crippen molar-refractivity contribution in [3.05, 3.63) is 71.8 Å². The molecule has 0 saturated carbocycles. The molecule has 0 aliphatic rings. The molecule has 156 valence electrons. The SMILES string of the molecule is CCCCCN(CO)C(=O)[C@H](Cc1ccccc1)NC(=O)OCc1ccccc1. The fourth-order valence-electron chi connectivity index (χ4n) is 2.98. The van der Waals surface area contributed by atoms with E-state index < -0.39 is 12.1 Å². The van der Waals surface area contributed by atoms with Gasteiger partial charge in [-0.05, 0) is 17.5 Å². The Morgan fingerprint density at radius 3 is 2.21 bits per heavy atom. The van der Waals surface area contributed by atoms with E-state index in [-0.39, 0.29) is 19.2 Å². The molecule has 0 heterocycles. The van der Waals surface area contributed by atoms with Gasteiger partial charge in [-0.2, -0.15) is 0 Å². The van der Waals surface area contributed by atoms with E-state index in [0.717, 1.165) is 30.4 Å². The first-order valence-corrected chi connectivity index (χ1v) is 10.0. The summed E-state index contributed by atoms with van der Waals surface area (Å²) >= 11 is 0. The van der Waals surface area contributed by atoms with Crippen LogP contribution in [0.25, 0.3) is 0 Å². The molecule has 0 bridgehead atoms. The van der Waals surface area contributed by atoms with Crippen LogP contribution in [-0.4, -0.2) is 41.3 Å². The molecule has 1 atom stereocenters. The van der Waals surface area contributed by atoms with E-state index in [0.29, 0.717) is 13.0 Å². The van der Waals surface area contributed by atoms with Crippen molar-refractivity contribution in [2.24, 2.45) is 0 Å². The Hall–Kier alpha value is -2.86. The second kappa shape index (κ2) is 12.6. The largest absolute Gasteiger partial charge is 0.445 e. The van der Waals surface area contributed by atoms with Gasteiger partial charge in [0.1, 0.15) is 19.4 Å². The van der Waals surface area contributed by atoms with Gasteiger partial charge in [-0.15, -0.1) is 0 Å². The summed E-state index contributed by atoms with van der Waals surface area (Å²) < 4.78 is 5.28. The summed E-state index contributed by atoms with van der Waals surface area (Å²) in [6.07, 6.45) is 2.46. The molecule has 0 aromatic heterocycles. The van der Waals surface area contributed by atoms with E-state index in [1.54, 1.807) is 0 Å². The number of alkyl carbamates (subject to hydrolysis) is 1. The van der Waals surface area contributed by atoms with Crippen LogP contribution < -0.4 is 5.32 Å². The quantitative estimate of drug-likeness (QED) is 0.449. The summed E-state index contributed by atoms with van der Waals surface area (Å²) in [4.78, 5) is 26.7. The Morgan fingerprint density at radius 1 is 1.00 bits per heavy atom. The van der Waals surface area contributed by atoms with Gasteiger partial charge >= 0.3 is 6.09 Å². The summed E-state index contributed by atoms with van der Waals surface area (Å²) in [7, 11) is 0. The highest BCUT2D eigenvalue weighted by atomic mass is 16.5. The average Bonchev–Trinajstić information content (AvgIpc) is 2.76. The predicted molar refractivity (Wildman–Crippen MR) is 112 cm³/mol. The lowest BCUT2D eigenvalue weighted by Gasteiger charge is -2.26. The first-order valence-electron chi connectivity index (χ1n) is 10.0. The van der Waals surface area contributed by atoms with Crippen molar-refractivity contribution in [1.82, 2.24) is 10.2 Å². The topological polar surface area (TPSA) is 78.9 Å². The van der Waals surface area contributed by atoms with Crippen LogP contribution in [0.3, 0.4) is 0 Å². The lowest BCUT2D eigenvalue weighted by molar-refractivity contribution is -0.137. The summed E-state index contributed by atoms with van der Waals surface area (Å²) in [5.41, 5.74) is 1.78. The molecule has 2 N–H and O–H groups in total. The second-order valence-corrected chi connectivity index (χ2v) is 6.90. The Labute approximate surface area is 172 Å². The number of hydrogen-bond acceptors (Lipinski definition) is 4. The molecular weight excluding hydrogens is 368 g/mol. The maximum Gasteiger partial charge on any atom is 0.408 e. The number of benzene rings is 2. The first-order chi connectivity index (χ1) is 14.1. The monoisotopic (exact) mass is 398 g/mol. The molecule has 0 radical (unpaired) electrons. The summed E-state index contributed by atoms with van der Waals surface area (Å²) in [5, 5.41) is 12.3. The van der Waals surface area contributed by atoms with Gasteiger partial charge in [0.2, 0.25) is 5.91 Å². The van der Waals surface area contributed by atoms with Crippen LogP contribution in [-0.2, 0) is 22.6 Å². The zero-order valence-electron chi connectivity index (χ0n) is 16.9. The van der Waals surface area contributed by atoms with Gasteiger partial charge in [0.05, 0.1) is 0 Å². The van der Waals surface area contributed by atoms with Crippen molar-refractivity contribution in [1.29, 1.82) is 0 Å². The van der Waals surface area contributed by atoms with Crippen LogP contribution in [0.1, 0.15) is 37.3 Å². The van der Waals surface area contributed by atoms with Gasteiger partial charge in [-0.1, -0.05) is 80.4 Å². The van der Waals surface area contributed by atoms with E-state index in [1.165, 1.54) is 4.90 Å². The maximum atomic E-state index is 13.0. The number of carbonyl (C=O) groups is 2. The summed E-state index contributed by atoms with van der Waals surface area (Å²) in [5.74, 6) is -0.316. The van der Waals surface area contributed by atoms with Crippen molar-refractivity contribution in [3.63, 3.8) is 0 Å². The molecule has 0 spiro atoms. The Balaban J connectivity index is 2.02. The summed E-state index contributed by atoms with van der Waals surface area (Å²) in [6.45, 7) is 2.27. The van der Waals surface area contributed by atoms with Crippen LogP contribution in [0.2, 0.25) is 0 Å². The van der Waals surface area contributed by atoms with Crippen molar-refractivity contribution in [2.75, 3.05) is 13.3 Å². The van der Waals surface area contributed by atoms with Crippen LogP contribution in [0.4, 0.5) is 4.79 Å². The average molecular weight is 399 g/mol. The smallest absolute Gasteiger partial charge is 0.408 e. The molecule has 29 heavy (non-hydrogen) atoms. The molecule has 0 saturated heterocycles. The number of carbonyl (C=O) groups excluding carboxylic acids is 2. The van der Waals surface area contributed by atoms with Crippen LogP contribution in [0.5, 0.6) is 0 Å². The number of aliphatic hydroxyl groups excluding tert-OH is 1. The molecule has 6 heteroatoms. The van der Waals surface area contributed by atoms with Crippen LogP contribution in [0.15, 0.2) is 60.7 Å². The Bertz CT molecular complexity index is 737. The molecule has 0 unspecified atom stereocenters. The molecule has 2 rings (SSSR count). The Morgan fingerprint density at radius 2 is 1.62 bits per heavy atom. The first kappa shape index (κ1) is 22.4. The molecule has 2 amide bonds. The number of nitrogens with one attached hydrogen (secondary N) is 1. The summed E-state index contributed by atoms with van der Waals surface area (Å²) in [6, 6.07) is 18.0. The lowest BCUT2D eigenvalue weighted by atomic mass is 10.0. The molecule has 0 aliphatic heterocycles. The minimum absolute atomic E-state index is 0.124. The highest BCUT2D eigenvalue weighted by Crippen LogP contribution is 2.09. The minimum Gasteiger partial charge on any atom is -0.445 e. The lowest BCUT2D eigenvalue weighted by Crippen LogP contribution is -2.50. The number of amides is 2. The number of hydrogen-bond donors (Lipinski definition) is 2. The number of unbranched alkanes of at least 4 members (excludes halogenated alkanes) is 2. The van der Waals surface area contributed by atoms with Crippen molar-refractivity contribution < 1.29 is 19.4 Å².